The summed E-state index contributed by atoms with van der Waals surface area (Å²) in [6.07, 6.45) is -2.29. The molecule has 0 aromatic rings. The van der Waals surface area contributed by atoms with Crippen LogP contribution in [0.3, 0.4) is 0 Å². The first kappa shape index (κ1) is 11.5. The average Bonchev–Trinajstić information content (AvgIpc) is 2.12. The van der Waals surface area contributed by atoms with E-state index < -0.39 is 30.9 Å². The van der Waals surface area contributed by atoms with Gasteiger partial charge in [-0.2, -0.15) is 0 Å². The summed E-state index contributed by atoms with van der Waals surface area (Å²) in [5.74, 6) is 0. The quantitative estimate of drug-likeness (QED) is 0.278. The maximum atomic E-state index is 10.1. The summed E-state index contributed by atoms with van der Waals surface area (Å²) in [5.41, 5.74) is 10.4. The molecule has 6 nitrogen and oxygen atoms in total. The molecule has 0 aliphatic rings. The van der Waals surface area contributed by atoms with E-state index in [1.807, 2.05) is 0 Å². The summed E-state index contributed by atoms with van der Waals surface area (Å²) in [6.45, 7) is -0.580. The van der Waals surface area contributed by atoms with Crippen molar-refractivity contribution >= 4 is 6.29 Å². The molecule has 0 aliphatic carbocycles. The Morgan fingerprint density at radius 1 is 1.33 bits per heavy atom. The predicted octanol–water partition coefficient (Wildman–Crippen LogP) is -3.45. The third-order valence-corrected chi connectivity index (χ3v) is 1.58. The van der Waals surface area contributed by atoms with Gasteiger partial charge in [-0.15, -0.1) is 0 Å². The lowest BCUT2D eigenvalue weighted by Crippen LogP contribution is -2.54. The second-order valence-electron chi connectivity index (χ2n) is 2.53. The van der Waals surface area contributed by atoms with E-state index >= 15 is 0 Å². The van der Waals surface area contributed by atoms with Gasteiger partial charge in [0.15, 0.2) is 0 Å². The highest BCUT2D eigenvalue weighted by molar-refractivity contribution is 5.58. The van der Waals surface area contributed by atoms with Crippen LogP contribution in [-0.2, 0) is 4.79 Å². The minimum atomic E-state index is -1.34. The summed E-state index contributed by atoms with van der Waals surface area (Å²) in [5, 5.41) is 26.5. The first-order valence-corrected chi connectivity index (χ1v) is 3.48. The second-order valence-corrected chi connectivity index (χ2v) is 2.53. The van der Waals surface area contributed by atoms with Crippen LogP contribution in [0.25, 0.3) is 0 Å². The number of hydrogen-bond acceptors (Lipinski definition) is 6. The van der Waals surface area contributed by atoms with Crippen LogP contribution in [0.5, 0.6) is 0 Å². The fourth-order valence-corrected chi connectivity index (χ4v) is 0.686. The molecule has 0 saturated carbocycles. The predicted molar refractivity (Wildman–Crippen MR) is 41.1 cm³/mol. The van der Waals surface area contributed by atoms with Crippen LogP contribution < -0.4 is 11.5 Å². The Morgan fingerprint density at radius 3 is 2.17 bits per heavy atom. The van der Waals surface area contributed by atoms with E-state index in [1.54, 1.807) is 0 Å². The first-order chi connectivity index (χ1) is 5.54. The Morgan fingerprint density at radius 2 is 1.83 bits per heavy atom. The van der Waals surface area contributed by atoms with Crippen LogP contribution in [-0.4, -0.2) is 52.5 Å². The molecule has 0 unspecified atom stereocenters. The van der Waals surface area contributed by atoms with Crippen molar-refractivity contribution in [2.75, 3.05) is 6.61 Å². The molecule has 0 radical (unpaired) electrons. The van der Waals surface area contributed by atoms with Gasteiger partial charge in [0.25, 0.3) is 0 Å². The van der Waals surface area contributed by atoms with Crippen LogP contribution in [0.4, 0.5) is 0 Å². The summed E-state index contributed by atoms with van der Waals surface area (Å²) in [6, 6.07) is -2.25. The fraction of sp³-hybridized carbons (Fsp3) is 0.833. The van der Waals surface area contributed by atoms with Crippen LogP contribution in [0.15, 0.2) is 0 Å². The molecule has 12 heavy (non-hydrogen) atoms. The SMILES string of the molecule is N[C@H]([C@H](O)[C@@H](N)C=O)[C@H](O)CO. The smallest absolute Gasteiger partial charge is 0.139 e. The molecule has 0 spiro atoms. The summed E-state index contributed by atoms with van der Waals surface area (Å²) >= 11 is 0. The van der Waals surface area contributed by atoms with Crippen molar-refractivity contribution in [3.63, 3.8) is 0 Å². The van der Waals surface area contributed by atoms with Gasteiger partial charge < -0.3 is 31.6 Å². The van der Waals surface area contributed by atoms with E-state index in [2.05, 4.69) is 0 Å². The van der Waals surface area contributed by atoms with Gasteiger partial charge in [-0.25, -0.2) is 0 Å². The molecule has 0 rings (SSSR count). The molecular weight excluding hydrogens is 164 g/mol. The van der Waals surface area contributed by atoms with E-state index in [4.69, 9.17) is 26.8 Å². The number of nitrogens with two attached hydrogens (primary N) is 2. The molecule has 0 aromatic carbocycles. The molecule has 6 heteroatoms. The zero-order chi connectivity index (χ0) is 9.72. The lowest BCUT2D eigenvalue weighted by molar-refractivity contribution is -0.112. The van der Waals surface area contributed by atoms with Crippen LogP contribution in [0, 0.1) is 0 Å². The highest BCUT2D eigenvalue weighted by Crippen LogP contribution is 1.98. The molecular formula is C6H14N2O4. The molecule has 0 aromatic heterocycles. The highest BCUT2D eigenvalue weighted by Gasteiger charge is 2.27. The molecule has 0 heterocycles. The molecule has 72 valence electrons. The van der Waals surface area contributed by atoms with Gasteiger partial charge in [0.1, 0.15) is 6.29 Å². The Hall–Kier alpha value is -0.530. The van der Waals surface area contributed by atoms with E-state index in [0.717, 1.165) is 0 Å². The number of carbonyl (C=O) groups excluding carboxylic acids is 1. The summed E-state index contributed by atoms with van der Waals surface area (Å²) in [7, 11) is 0. The number of aliphatic hydroxyl groups is 3. The normalized spacial score (nSPS) is 21.1. The van der Waals surface area contributed by atoms with Gasteiger partial charge in [0, 0.05) is 0 Å². The van der Waals surface area contributed by atoms with Gasteiger partial charge in [0.2, 0.25) is 0 Å². The van der Waals surface area contributed by atoms with Crippen LogP contribution >= 0.6 is 0 Å². The summed E-state index contributed by atoms with van der Waals surface area (Å²) < 4.78 is 0. The van der Waals surface area contributed by atoms with Crippen molar-refractivity contribution in [2.45, 2.75) is 24.3 Å². The Kier molecular flexibility index (Phi) is 4.95. The lowest BCUT2D eigenvalue weighted by atomic mass is 10.0. The molecule has 0 fully saturated rings. The monoisotopic (exact) mass is 178 g/mol. The topological polar surface area (TPSA) is 130 Å². The number of aldehydes is 1. The zero-order valence-electron chi connectivity index (χ0n) is 6.50. The molecule has 0 saturated heterocycles. The van der Waals surface area contributed by atoms with Crippen molar-refractivity contribution in [3.8, 4) is 0 Å². The van der Waals surface area contributed by atoms with E-state index in [9.17, 15) is 4.79 Å². The van der Waals surface area contributed by atoms with Crippen molar-refractivity contribution < 1.29 is 20.1 Å². The standard InChI is InChI=1S/C6H14N2O4/c7-3(1-9)6(12)5(8)4(11)2-10/h1,3-6,10-12H,2,7-8H2/t3-,4+,5-,6+/m0/s1. The van der Waals surface area contributed by atoms with E-state index in [-0.39, 0.29) is 0 Å². The molecule has 7 N–H and O–H groups in total. The first-order valence-electron chi connectivity index (χ1n) is 3.48. The van der Waals surface area contributed by atoms with Crippen molar-refractivity contribution in [1.29, 1.82) is 0 Å². The van der Waals surface area contributed by atoms with Gasteiger partial charge in [0.05, 0.1) is 30.9 Å². The van der Waals surface area contributed by atoms with Gasteiger partial charge in [-0.3, -0.25) is 0 Å². The van der Waals surface area contributed by atoms with Crippen molar-refractivity contribution in [1.82, 2.24) is 0 Å². The number of carbonyl (C=O) groups is 1. The largest absolute Gasteiger partial charge is 0.394 e. The Balaban J connectivity index is 4.07. The lowest BCUT2D eigenvalue weighted by Gasteiger charge is -2.24. The average molecular weight is 178 g/mol. The Labute approximate surface area is 69.8 Å². The minimum absolute atomic E-state index is 0.328. The molecule has 4 atom stereocenters. The van der Waals surface area contributed by atoms with E-state index in [0.29, 0.717) is 6.29 Å². The van der Waals surface area contributed by atoms with Crippen molar-refractivity contribution in [2.24, 2.45) is 11.5 Å². The minimum Gasteiger partial charge on any atom is -0.394 e. The van der Waals surface area contributed by atoms with Crippen molar-refractivity contribution in [3.05, 3.63) is 0 Å². The maximum Gasteiger partial charge on any atom is 0.139 e. The van der Waals surface area contributed by atoms with Crippen LogP contribution in [0.1, 0.15) is 0 Å². The molecule has 0 bridgehead atoms. The molecule has 0 aliphatic heterocycles. The maximum absolute atomic E-state index is 10.1. The third kappa shape index (κ3) is 2.84. The summed E-state index contributed by atoms with van der Waals surface area (Å²) in [4.78, 5) is 10.1. The van der Waals surface area contributed by atoms with Gasteiger partial charge >= 0.3 is 0 Å². The number of hydrogen-bond donors (Lipinski definition) is 5. The number of aliphatic hydroxyl groups excluding tert-OH is 3. The Bertz CT molecular complexity index is 144. The fourth-order valence-electron chi connectivity index (χ4n) is 0.686. The van der Waals surface area contributed by atoms with E-state index in [1.165, 1.54) is 0 Å². The highest BCUT2D eigenvalue weighted by atomic mass is 16.3. The van der Waals surface area contributed by atoms with Crippen LogP contribution in [0.2, 0.25) is 0 Å². The van der Waals surface area contributed by atoms with Gasteiger partial charge in [-0.05, 0) is 0 Å². The van der Waals surface area contributed by atoms with Gasteiger partial charge in [-0.1, -0.05) is 0 Å². The molecule has 0 amide bonds. The zero-order valence-corrected chi connectivity index (χ0v) is 6.50. The second kappa shape index (κ2) is 5.18. The third-order valence-electron chi connectivity index (χ3n) is 1.58. The number of rotatable bonds is 5.